The van der Waals surface area contributed by atoms with Gasteiger partial charge >= 0.3 is 40.5 Å². The quantitative estimate of drug-likeness (QED) is 0.151. The molecule has 0 aliphatic rings. The van der Waals surface area contributed by atoms with Crippen LogP contribution in [0.4, 0.5) is 0 Å². The molecule has 16 heteroatoms. The van der Waals surface area contributed by atoms with Crippen molar-refractivity contribution in [2.45, 2.75) is 13.8 Å². The predicted molar refractivity (Wildman–Crippen MR) is 195 cm³/mol. The average molecular weight is 765 g/mol. The van der Waals surface area contributed by atoms with E-state index in [2.05, 4.69) is 0 Å². The SMILES string of the molecule is C/C=C\c1cc(-c2ccc(OS(C)(=O)=O)c(/C=C\C)c2)ccc1OS(C)(=O)=O.CS(=O)(=O)Oc1ccc(-c2ccc(OS(C)(=O)=O)cc2)cc1. The van der Waals surface area contributed by atoms with E-state index in [1.54, 1.807) is 85.0 Å². The molecular formula is C34H36O12S4. The molecule has 0 bridgehead atoms. The maximum atomic E-state index is 11.5. The van der Waals surface area contributed by atoms with Crippen molar-refractivity contribution in [1.29, 1.82) is 0 Å². The lowest BCUT2D eigenvalue weighted by Gasteiger charge is -2.12. The van der Waals surface area contributed by atoms with E-state index in [0.717, 1.165) is 47.3 Å². The van der Waals surface area contributed by atoms with Gasteiger partial charge in [0, 0.05) is 11.1 Å². The second-order valence-electron chi connectivity index (χ2n) is 10.7. The van der Waals surface area contributed by atoms with Crippen LogP contribution in [0.15, 0.2) is 97.1 Å². The summed E-state index contributed by atoms with van der Waals surface area (Å²) in [5.74, 6) is 0.914. The third kappa shape index (κ3) is 13.7. The van der Waals surface area contributed by atoms with Crippen molar-refractivity contribution in [2.24, 2.45) is 0 Å². The van der Waals surface area contributed by atoms with E-state index in [4.69, 9.17) is 16.7 Å². The van der Waals surface area contributed by atoms with Crippen LogP contribution in [0, 0.1) is 0 Å². The highest BCUT2D eigenvalue weighted by molar-refractivity contribution is 7.87. The summed E-state index contributed by atoms with van der Waals surface area (Å²) in [5, 5.41) is 0. The highest BCUT2D eigenvalue weighted by Gasteiger charge is 2.13. The molecule has 0 N–H and O–H groups in total. The highest BCUT2D eigenvalue weighted by Crippen LogP contribution is 2.32. The molecule has 4 aromatic carbocycles. The third-order valence-electron chi connectivity index (χ3n) is 6.06. The summed E-state index contributed by atoms with van der Waals surface area (Å²) in [6, 6.07) is 23.2. The fourth-order valence-corrected chi connectivity index (χ4v) is 6.19. The minimum Gasteiger partial charge on any atom is -0.383 e. The van der Waals surface area contributed by atoms with Gasteiger partial charge < -0.3 is 16.7 Å². The fourth-order valence-electron chi connectivity index (χ4n) is 4.31. The Balaban J connectivity index is 0.000000278. The molecule has 50 heavy (non-hydrogen) atoms. The molecule has 0 amide bonds. The summed E-state index contributed by atoms with van der Waals surface area (Å²) in [7, 11) is -14.4. The van der Waals surface area contributed by atoms with Crippen molar-refractivity contribution in [1.82, 2.24) is 0 Å². The van der Waals surface area contributed by atoms with Crippen LogP contribution in [0.2, 0.25) is 0 Å². The normalized spacial score (nSPS) is 12.3. The lowest BCUT2D eigenvalue weighted by Crippen LogP contribution is -2.07. The standard InChI is InChI=1S/C20H22O6S2.C14H14O6S2/c1-5-7-17-13-15(9-11-19(17)25-27(3,21)22)16-10-12-20(26-28(4,23)24)18(14-16)8-6-2;1-21(15,16)19-13-7-3-11(4-8-13)12-5-9-14(10-6-12)20-22(2,17)18/h5-14H,1-4H3;3-10H,1-2H3/b7-5-,8-6-;. The topological polar surface area (TPSA) is 173 Å². The molecule has 0 radical (unpaired) electrons. The van der Waals surface area contributed by atoms with E-state index in [-0.39, 0.29) is 23.0 Å². The molecule has 0 unspecified atom stereocenters. The zero-order valence-corrected chi connectivity index (χ0v) is 31.2. The summed E-state index contributed by atoms with van der Waals surface area (Å²) in [6.45, 7) is 3.64. The molecule has 0 saturated carbocycles. The minimum atomic E-state index is -3.65. The van der Waals surface area contributed by atoms with Crippen LogP contribution >= 0.6 is 0 Å². The molecule has 0 heterocycles. The van der Waals surface area contributed by atoms with Gasteiger partial charge in [-0.3, -0.25) is 0 Å². The Hall–Kier alpha value is -4.64. The Labute approximate surface area is 294 Å². The summed E-state index contributed by atoms with van der Waals surface area (Å²) in [6.07, 6.45) is 11.0. The number of rotatable bonds is 12. The van der Waals surface area contributed by atoms with Gasteiger partial charge in [0.25, 0.3) is 0 Å². The number of allylic oxidation sites excluding steroid dienone is 2. The molecule has 0 aliphatic carbocycles. The van der Waals surface area contributed by atoms with Crippen LogP contribution < -0.4 is 16.7 Å². The molecule has 0 saturated heterocycles. The van der Waals surface area contributed by atoms with Crippen LogP contribution in [0.3, 0.4) is 0 Å². The van der Waals surface area contributed by atoms with Crippen LogP contribution in [0.25, 0.3) is 34.4 Å². The molecule has 0 fully saturated rings. The van der Waals surface area contributed by atoms with Crippen molar-refractivity contribution in [3.63, 3.8) is 0 Å². The van der Waals surface area contributed by atoms with Crippen LogP contribution in [0.5, 0.6) is 23.0 Å². The van der Waals surface area contributed by atoms with Gasteiger partial charge in [-0.15, -0.1) is 0 Å². The first-order valence-electron chi connectivity index (χ1n) is 14.5. The van der Waals surface area contributed by atoms with Crippen LogP contribution in [-0.2, 0) is 40.5 Å². The van der Waals surface area contributed by atoms with Crippen molar-refractivity contribution in [2.75, 3.05) is 25.0 Å². The predicted octanol–water partition coefficient (Wildman–Crippen LogP) is 6.13. The van der Waals surface area contributed by atoms with Gasteiger partial charge in [0.15, 0.2) is 0 Å². The lowest BCUT2D eigenvalue weighted by atomic mass is 9.99. The number of benzene rings is 4. The van der Waals surface area contributed by atoms with Gasteiger partial charge in [0.2, 0.25) is 0 Å². The first-order valence-corrected chi connectivity index (χ1v) is 21.7. The van der Waals surface area contributed by atoms with E-state index in [1.807, 2.05) is 13.8 Å². The largest absolute Gasteiger partial charge is 0.383 e. The Kier molecular flexibility index (Phi) is 13.0. The highest BCUT2D eigenvalue weighted by atomic mass is 32.2. The Morgan fingerprint density at radius 2 is 0.680 bits per heavy atom. The summed E-state index contributed by atoms with van der Waals surface area (Å²) >= 11 is 0. The average Bonchev–Trinajstić information content (AvgIpc) is 2.97. The zero-order chi connectivity index (χ0) is 37.3. The monoisotopic (exact) mass is 764 g/mol. The van der Waals surface area contributed by atoms with E-state index < -0.39 is 40.5 Å². The van der Waals surface area contributed by atoms with Gasteiger partial charge in [0.05, 0.1) is 25.0 Å². The van der Waals surface area contributed by atoms with Crippen molar-refractivity contribution < 1.29 is 50.4 Å². The van der Waals surface area contributed by atoms with E-state index >= 15 is 0 Å². The Morgan fingerprint density at radius 1 is 0.400 bits per heavy atom. The number of hydrogen-bond acceptors (Lipinski definition) is 12. The van der Waals surface area contributed by atoms with Crippen LogP contribution in [0.1, 0.15) is 25.0 Å². The molecule has 4 aromatic rings. The summed E-state index contributed by atoms with van der Waals surface area (Å²) in [4.78, 5) is 0. The van der Waals surface area contributed by atoms with Crippen molar-refractivity contribution in [3.05, 3.63) is 108 Å². The summed E-state index contributed by atoms with van der Waals surface area (Å²) in [5.41, 5.74) is 4.48. The van der Waals surface area contributed by atoms with Gasteiger partial charge in [-0.05, 0) is 84.6 Å². The number of hydrogen-bond donors (Lipinski definition) is 0. The molecule has 0 spiro atoms. The molecule has 4 rings (SSSR count). The van der Waals surface area contributed by atoms with E-state index in [9.17, 15) is 33.7 Å². The van der Waals surface area contributed by atoms with Crippen molar-refractivity contribution in [3.8, 4) is 45.3 Å². The lowest BCUT2D eigenvalue weighted by molar-refractivity contribution is 0.490. The maximum absolute atomic E-state index is 11.5. The molecular weight excluding hydrogens is 729 g/mol. The molecule has 268 valence electrons. The van der Waals surface area contributed by atoms with E-state index in [0.29, 0.717) is 11.1 Å². The summed E-state index contributed by atoms with van der Waals surface area (Å²) < 4.78 is 110. The third-order valence-corrected chi connectivity index (χ3v) is 8.02. The molecule has 12 nitrogen and oxygen atoms in total. The first-order chi connectivity index (χ1) is 23.1. The zero-order valence-electron chi connectivity index (χ0n) is 27.9. The van der Waals surface area contributed by atoms with Gasteiger partial charge in [-0.1, -0.05) is 60.7 Å². The first kappa shape index (κ1) is 39.8. The fraction of sp³-hybridized carbons (Fsp3) is 0.176. The van der Waals surface area contributed by atoms with Crippen LogP contribution in [-0.4, -0.2) is 58.7 Å². The van der Waals surface area contributed by atoms with Gasteiger partial charge in [0.1, 0.15) is 23.0 Å². The minimum absolute atomic E-state index is 0.225. The second kappa shape index (κ2) is 16.4. The Morgan fingerprint density at radius 3 is 0.940 bits per heavy atom. The van der Waals surface area contributed by atoms with Gasteiger partial charge in [-0.25, -0.2) is 0 Å². The molecule has 0 aromatic heterocycles. The molecule has 0 aliphatic heterocycles. The van der Waals surface area contributed by atoms with E-state index in [1.165, 1.54) is 24.3 Å². The molecule has 0 atom stereocenters. The van der Waals surface area contributed by atoms with Gasteiger partial charge in [-0.2, -0.15) is 33.7 Å². The maximum Gasteiger partial charge on any atom is 0.306 e. The second-order valence-corrected chi connectivity index (χ2v) is 17.0. The van der Waals surface area contributed by atoms with Crippen molar-refractivity contribution >= 4 is 52.6 Å². The Bertz CT molecular complexity index is 2140. The smallest absolute Gasteiger partial charge is 0.306 e.